The van der Waals surface area contributed by atoms with Crippen molar-refractivity contribution in [1.82, 2.24) is 0 Å². The number of aliphatic carboxylic acids is 1. The fraction of sp³-hybridized carbons (Fsp3) is 0.417. The first-order chi connectivity index (χ1) is 14.7. The number of benzene rings is 2. The van der Waals surface area contributed by atoms with Gasteiger partial charge < -0.3 is 19.4 Å². The Morgan fingerprint density at radius 1 is 1.00 bits per heavy atom. The number of halogens is 2. The molecule has 3 rings (SSSR count). The van der Waals surface area contributed by atoms with E-state index in [0.29, 0.717) is 11.7 Å². The Labute approximate surface area is 180 Å². The first kappa shape index (κ1) is 22.7. The van der Waals surface area contributed by atoms with E-state index in [0.717, 1.165) is 25.7 Å². The molecule has 0 spiro atoms. The van der Waals surface area contributed by atoms with Crippen molar-refractivity contribution in [2.75, 3.05) is 0 Å². The van der Waals surface area contributed by atoms with Crippen molar-refractivity contribution in [2.45, 2.75) is 57.2 Å². The lowest BCUT2D eigenvalue weighted by Crippen LogP contribution is -2.47. The van der Waals surface area contributed by atoms with E-state index >= 15 is 0 Å². The number of ether oxygens (including phenoxy) is 2. The normalized spacial score (nSPS) is 16.7. The SMILES string of the molecule is CC(C)C1(Oc2ccc(C(=O)OC(c3ccccc3)C(F)(F)C(=O)[O-])cc2)CCCC1. The lowest BCUT2D eigenvalue weighted by atomic mass is 9.88. The number of rotatable bonds is 8. The molecule has 0 amide bonds. The summed E-state index contributed by atoms with van der Waals surface area (Å²) in [5.74, 6) is -7.19. The van der Waals surface area contributed by atoms with Crippen LogP contribution in [0.25, 0.3) is 0 Å². The quantitative estimate of drug-likeness (QED) is 0.582. The monoisotopic (exact) mass is 431 g/mol. The maximum absolute atomic E-state index is 14.2. The number of alkyl halides is 2. The number of carboxylic acids is 1. The van der Waals surface area contributed by atoms with Crippen LogP contribution in [0, 0.1) is 5.92 Å². The van der Waals surface area contributed by atoms with Gasteiger partial charge in [-0.15, -0.1) is 0 Å². The second-order valence-electron chi connectivity index (χ2n) is 8.16. The maximum atomic E-state index is 14.2. The topological polar surface area (TPSA) is 75.7 Å². The molecule has 1 fully saturated rings. The molecule has 1 atom stereocenters. The van der Waals surface area contributed by atoms with Crippen LogP contribution in [0.5, 0.6) is 5.75 Å². The van der Waals surface area contributed by atoms with E-state index in [1.54, 1.807) is 18.2 Å². The van der Waals surface area contributed by atoms with Gasteiger partial charge in [-0.3, -0.25) is 0 Å². The second kappa shape index (κ2) is 9.04. The summed E-state index contributed by atoms with van der Waals surface area (Å²) < 4.78 is 39.6. The summed E-state index contributed by atoms with van der Waals surface area (Å²) >= 11 is 0. The molecular formula is C24H25F2O5-. The number of hydrogen-bond donors (Lipinski definition) is 0. The average Bonchev–Trinajstić information content (AvgIpc) is 3.22. The minimum absolute atomic E-state index is 0.00690. The average molecular weight is 431 g/mol. The first-order valence-corrected chi connectivity index (χ1v) is 10.3. The number of carboxylic acid groups (broad SMARTS) is 1. The van der Waals surface area contributed by atoms with Gasteiger partial charge >= 0.3 is 11.9 Å². The number of carbonyl (C=O) groups excluding carboxylic acids is 2. The molecule has 1 saturated carbocycles. The Hall–Kier alpha value is -2.96. The summed E-state index contributed by atoms with van der Waals surface area (Å²) in [4.78, 5) is 23.5. The van der Waals surface area contributed by atoms with Crippen molar-refractivity contribution in [2.24, 2.45) is 5.92 Å². The molecule has 0 radical (unpaired) electrons. The van der Waals surface area contributed by atoms with Crippen molar-refractivity contribution < 1.29 is 33.0 Å². The number of hydrogen-bond acceptors (Lipinski definition) is 5. The van der Waals surface area contributed by atoms with Crippen LogP contribution in [0.2, 0.25) is 0 Å². The minimum atomic E-state index is -4.40. The van der Waals surface area contributed by atoms with E-state index in [2.05, 4.69) is 13.8 Å². The highest BCUT2D eigenvalue weighted by Gasteiger charge is 2.45. The van der Waals surface area contributed by atoms with Crippen LogP contribution in [0.15, 0.2) is 54.6 Å². The van der Waals surface area contributed by atoms with Gasteiger partial charge in [0.1, 0.15) is 17.3 Å². The third kappa shape index (κ3) is 4.86. The predicted octanol–water partition coefficient (Wildman–Crippen LogP) is 4.32. The molecule has 5 nitrogen and oxygen atoms in total. The molecule has 1 aliphatic rings. The van der Waals surface area contributed by atoms with Gasteiger partial charge in [0.2, 0.25) is 0 Å². The molecular weight excluding hydrogens is 406 g/mol. The lowest BCUT2D eigenvalue weighted by molar-refractivity contribution is -0.336. The molecule has 1 unspecified atom stereocenters. The van der Waals surface area contributed by atoms with Crippen LogP contribution in [0.3, 0.4) is 0 Å². The molecule has 0 bridgehead atoms. The van der Waals surface area contributed by atoms with Crippen molar-refractivity contribution in [3.8, 4) is 5.75 Å². The minimum Gasteiger partial charge on any atom is -0.544 e. The molecule has 0 saturated heterocycles. The Bertz CT molecular complexity index is 903. The summed E-state index contributed by atoms with van der Waals surface area (Å²) in [5.41, 5.74) is -0.394. The zero-order chi connectivity index (χ0) is 22.6. The predicted molar refractivity (Wildman–Crippen MR) is 108 cm³/mol. The van der Waals surface area contributed by atoms with Gasteiger partial charge in [-0.1, -0.05) is 44.2 Å². The Kier molecular flexibility index (Phi) is 6.62. The molecule has 0 aliphatic heterocycles. The smallest absolute Gasteiger partial charge is 0.338 e. The summed E-state index contributed by atoms with van der Waals surface area (Å²) in [7, 11) is 0. The van der Waals surface area contributed by atoms with Gasteiger partial charge in [0.15, 0.2) is 6.10 Å². The van der Waals surface area contributed by atoms with Crippen LogP contribution in [0.1, 0.15) is 61.6 Å². The third-order valence-corrected chi connectivity index (χ3v) is 5.84. The lowest BCUT2D eigenvalue weighted by Gasteiger charge is -2.34. The summed E-state index contributed by atoms with van der Waals surface area (Å²) in [6.07, 6.45) is 1.77. The molecule has 2 aromatic rings. The van der Waals surface area contributed by atoms with E-state index in [1.165, 1.54) is 36.4 Å². The highest BCUT2D eigenvalue weighted by molar-refractivity contribution is 5.90. The number of esters is 1. The molecule has 0 N–H and O–H groups in total. The van der Waals surface area contributed by atoms with E-state index in [-0.39, 0.29) is 16.7 Å². The summed E-state index contributed by atoms with van der Waals surface area (Å²) in [5, 5.41) is 11.0. The Morgan fingerprint density at radius 3 is 2.10 bits per heavy atom. The van der Waals surface area contributed by atoms with Crippen LogP contribution in [-0.2, 0) is 9.53 Å². The number of carbonyl (C=O) groups is 2. The molecule has 7 heteroatoms. The van der Waals surface area contributed by atoms with E-state index in [4.69, 9.17) is 9.47 Å². The highest BCUT2D eigenvalue weighted by Crippen LogP contribution is 2.40. The fourth-order valence-corrected chi connectivity index (χ4v) is 3.93. The zero-order valence-electron chi connectivity index (χ0n) is 17.5. The van der Waals surface area contributed by atoms with Gasteiger partial charge in [-0.05, 0) is 61.4 Å². The Morgan fingerprint density at radius 2 is 1.58 bits per heavy atom. The van der Waals surface area contributed by atoms with Crippen LogP contribution in [0.4, 0.5) is 8.78 Å². The van der Waals surface area contributed by atoms with Crippen LogP contribution in [-0.4, -0.2) is 23.5 Å². The van der Waals surface area contributed by atoms with Crippen molar-refractivity contribution in [3.63, 3.8) is 0 Å². The summed E-state index contributed by atoms with van der Waals surface area (Å²) in [6, 6.07) is 13.0. The van der Waals surface area contributed by atoms with Gasteiger partial charge in [0, 0.05) is 0 Å². The fourth-order valence-electron chi connectivity index (χ4n) is 3.93. The second-order valence-corrected chi connectivity index (χ2v) is 8.16. The van der Waals surface area contributed by atoms with Crippen LogP contribution < -0.4 is 9.84 Å². The van der Waals surface area contributed by atoms with Gasteiger partial charge in [-0.2, -0.15) is 8.78 Å². The van der Waals surface area contributed by atoms with E-state index in [1.807, 2.05) is 0 Å². The Balaban J connectivity index is 1.78. The molecule has 2 aromatic carbocycles. The van der Waals surface area contributed by atoms with E-state index < -0.39 is 24.0 Å². The zero-order valence-corrected chi connectivity index (χ0v) is 17.5. The van der Waals surface area contributed by atoms with Crippen molar-refractivity contribution in [3.05, 3.63) is 65.7 Å². The highest BCUT2D eigenvalue weighted by atomic mass is 19.3. The van der Waals surface area contributed by atoms with Gasteiger partial charge in [0.05, 0.1) is 5.56 Å². The third-order valence-electron chi connectivity index (χ3n) is 5.84. The standard InChI is InChI=1S/C24H26F2O5/c1-16(2)23(14-6-7-15-23)31-19-12-10-18(11-13-19)21(27)30-20(24(25,26)22(28)29)17-8-4-3-5-9-17/h3-5,8-13,16,20H,6-7,14-15H2,1-2H3,(H,28,29)/p-1. The molecule has 0 heterocycles. The largest absolute Gasteiger partial charge is 0.544 e. The molecule has 1 aliphatic carbocycles. The van der Waals surface area contributed by atoms with Crippen molar-refractivity contribution in [1.29, 1.82) is 0 Å². The van der Waals surface area contributed by atoms with Gasteiger partial charge in [0.25, 0.3) is 0 Å². The first-order valence-electron chi connectivity index (χ1n) is 10.3. The summed E-state index contributed by atoms with van der Waals surface area (Å²) in [6.45, 7) is 4.22. The van der Waals surface area contributed by atoms with Crippen molar-refractivity contribution >= 4 is 11.9 Å². The maximum Gasteiger partial charge on any atom is 0.338 e. The molecule has 166 valence electrons. The molecule has 31 heavy (non-hydrogen) atoms. The van der Waals surface area contributed by atoms with Crippen LogP contribution >= 0.6 is 0 Å². The van der Waals surface area contributed by atoms with E-state index in [9.17, 15) is 23.5 Å². The molecule has 0 aromatic heterocycles. The van der Waals surface area contributed by atoms with Gasteiger partial charge in [-0.25, -0.2) is 4.79 Å².